The molecule has 6 rings (SSSR count). The molecule has 1 fully saturated rings. The molecule has 0 amide bonds. The molecule has 0 aromatic heterocycles. The van der Waals surface area contributed by atoms with E-state index in [1.54, 1.807) is 0 Å². The molecule has 0 aliphatic heterocycles. The van der Waals surface area contributed by atoms with E-state index in [2.05, 4.69) is 84.9 Å². The molecule has 1 nitrogen and oxygen atoms in total. The van der Waals surface area contributed by atoms with Crippen LogP contribution < -0.4 is 0 Å². The number of benzene rings is 4. The molecule has 1 saturated carbocycles. The molecular weight excluding hydrogens is 374 g/mol. The minimum atomic E-state index is 0.191. The van der Waals surface area contributed by atoms with Gasteiger partial charge < -0.3 is 5.41 Å². The third kappa shape index (κ3) is 2.95. The maximum Gasteiger partial charge on any atom is 0.0426 e. The summed E-state index contributed by atoms with van der Waals surface area (Å²) < 4.78 is 0. The summed E-state index contributed by atoms with van der Waals surface area (Å²) in [7, 11) is 0. The van der Waals surface area contributed by atoms with Gasteiger partial charge in [-0.2, -0.15) is 0 Å². The van der Waals surface area contributed by atoms with Gasteiger partial charge in [0, 0.05) is 23.1 Å². The van der Waals surface area contributed by atoms with E-state index in [9.17, 15) is 5.41 Å². The van der Waals surface area contributed by atoms with Crippen LogP contribution in [-0.4, -0.2) is 5.71 Å². The molecule has 0 spiro atoms. The molecule has 31 heavy (non-hydrogen) atoms. The lowest BCUT2D eigenvalue weighted by Crippen LogP contribution is -2.20. The molecule has 0 atom stereocenters. The summed E-state index contributed by atoms with van der Waals surface area (Å²) >= 11 is 0. The topological polar surface area (TPSA) is 23.9 Å². The monoisotopic (exact) mass is 401 g/mol. The molecule has 152 valence electrons. The van der Waals surface area contributed by atoms with Crippen LogP contribution in [0.1, 0.15) is 60.3 Å². The fourth-order valence-electron chi connectivity index (χ4n) is 5.92. The van der Waals surface area contributed by atoms with Gasteiger partial charge in [0.15, 0.2) is 0 Å². The zero-order chi connectivity index (χ0) is 20.8. The standard InChI is InChI=1S/C30H27N/c31-30(21-11-2-1-3-12-21)29-22-13-5-4-10-20(22)18-19-27(29)28-25-16-8-6-14-23(25)24-15-7-9-17-26(24)28/h4-10,13-19,21,28,31H,1-3,11-12H2. The summed E-state index contributed by atoms with van der Waals surface area (Å²) in [6.45, 7) is 0. The van der Waals surface area contributed by atoms with Crippen LogP contribution in [-0.2, 0) is 0 Å². The quantitative estimate of drug-likeness (QED) is 0.297. The lowest BCUT2D eigenvalue weighted by molar-refractivity contribution is 0.438. The van der Waals surface area contributed by atoms with Crippen molar-refractivity contribution < 1.29 is 0 Å². The van der Waals surface area contributed by atoms with Crippen LogP contribution in [0.25, 0.3) is 21.9 Å². The fourth-order valence-corrected chi connectivity index (χ4v) is 5.92. The van der Waals surface area contributed by atoms with Crippen LogP contribution in [0.2, 0.25) is 0 Å². The van der Waals surface area contributed by atoms with Crippen molar-refractivity contribution >= 4 is 16.5 Å². The van der Waals surface area contributed by atoms with Gasteiger partial charge in [0.05, 0.1) is 0 Å². The lowest BCUT2D eigenvalue weighted by atomic mass is 9.77. The largest absolute Gasteiger partial charge is 0.304 e. The summed E-state index contributed by atoms with van der Waals surface area (Å²) in [5, 5.41) is 11.9. The van der Waals surface area contributed by atoms with Crippen molar-refractivity contribution in [2.75, 3.05) is 0 Å². The highest BCUT2D eigenvalue weighted by molar-refractivity contribution is 6.12. The van der Waals surface area contributed by atoms with Crippen molar-refractivity contribution in [1.82, 2.24) is 0 Å². The Balaban J connectivity index is 1.61. The van der Waals surface area contributed by atoms with Crippen LogP contribution in [0.3, 0.4) is 0 Å². The predicted molar refractivity (Wildman–Crippen MR) is 130 cm³/mol. The SMILES string of the molecule is N=C(c1c(C2c3ccccc3-c3ccccc32)ccc2ccccc12)C1CCCCC1. The van der Waals surface area contributed by atoms with Gasteiger partial charge in [-0.25, -0.2) is 0 Å². The first-order chi connectivity index (χ1) is 15.3. The van der Waals surface area contributed by atoms with E-state index in [0.717, 1.165) is 18.6 Å². The highest BCUT2D eigenvalue weighted by atomic mass is 14.5. The van der Waals surface area contributed by atoms with Crippen LogP contribution >= 0.6 is 0 Å². The van der Waals surface area contributed by atoms with Gasteiger partial charge >= 0.3 is 0 Å². The molecular formula is C30H27N. The van der Waals surface area contributed by atoms with E-state index < -0.39 is 0 Å². The minimum absolute atomic E-state index is 0.191. The van der Waals surface area contributed by atoms with Crippen molar-refractivity contribution in [2.24, 2.45) is 5.92 Å². The zero-order valence-electron chi connectivity index (χ0n) is 17.8. The Morgan fingerprint density at radius 3 is 1.94 bits per heavy atom. The fraction of sp³-hybridized carbons (Fsp3) is 0.233. The third-order valence-corrected chi connectivity index (χ3v) is 7.39. The Labute approximate surface area is 184 Å². The van der Waals surface area contributed by atoms with Crippen LogP contribution in [0.15, 0.2) is 84.9 Å². The molecule has 1 heteroatoms. The first-order valence-electron chi connectivity index (χ1n) is 11.6. The minimum Gasteiger partial charge on any atom is -0.304 e. The molecule has 0 radical (unpaired) electrons. The predicted octanol–water partition coefficient (Wildman–Crippen LogP) is 7.95. The van der Waals surface area contributed by atoms with Crippen molar-refractivity contribution in [3.8, 4) is 11.1 Å². The van der Waals surface area contributed by atoms with E-state index in [4.69, 9.17) is 0 Å². The Kier molecular flexibility index (Phi) is 4.49. The normalized spacial score (nSPS) is 16.3. The third-order valence-electron chi connectivity index (χ3n) is 7.39. The summed E-state index contributed by atoms with van der Waals surface area (Å²) in [4.78, 5) is 0. The van der Waals surface area contributed by atoms with E-state index in [1.807, 2.05) is 0 Å². The van der Waals surface area contributed by atoms with Crippen LogP contribution in [0.4, 0.5) is 0 Å². The second kappa shape index (κ2) is 7.50. The summed E-state index contributed by atoms with van der Waals surface area (Å²) in [6, 6.07) is 30.9. The Hall–Kier alpha value is -3.19. The van der Waals surface area contributed by atoms with Gasteiger partial charge in [0.1, 0.15) is 0 Å². The maximum atomic E-state index is 9.38. The maximum absolute atomic E-state index is 9.38. The van der Waals surface area contributed by atoms with E-state index in [0.29, 0.717) is 5.92 Å². The first kappa shape index (κ1) is 18.6. The molecule has 1 N–H and O–H groups in total. The highest BCUT2D eigenvalue weighted by Gasteiger charge is 2.33. The number of hydrogen-bond donors (Lipinski definition) is 1. The second-order valence-electron chi connectivity index (χ2n) is 9.11. The van der Waals surface area contributed by atoms with Gasteiger partial charge in [-0.15, -0.1) is 0 Å². The molecule has 4 aromatic rings. The van der Waals surface area contributed by atoms with Crippen LogP contribution in [0.5, 0.6) is 0 Å². The van der Waals surface area contributed by atoms with Gasteiger partial charge in [-0.05, 0) is 51.4 Å². The number of hydrogen-bond acceptors (Lipinski definition) is 1. The molecule has 0 heterocycles. The van der Waals surface area contributed by atoms with Gasteiger partial charge in [0.25, 0.3) is 0 Å². The molecule has 2 aliphatic carbocycles. The number of fused-ring (bicyclic) bond motifs is 4. The molecule has 2 aliphatic rings. The Bertz CT molecular complexity index is 1250. The van der Waals surface area contributed by atoms with Crippen LogP contribution in [0, 0.1) is 11.3 Å². The zero-order valence-corrected chi connectivity index (χ0v) is 17.8. The van der Waals surface area contributed by atoms with Crippen molar-refractivity contribution in [2.45, 2.75) is 38.0 Å². The van der Waals surface area contributed by atoms with Crippen molar-refractivity contribution in [3.63, 3.8) is 0 Å². The number of nitrogens with one attached hydrogen (secondary N) is 1. The highest BCUT2D eigenvalue weighted by Crippen LogP contribution is 2.49. The smallest absolute Gasteiger partial charge is 0.0426 e. The van der Waals surface area contributed by atoms with E-state index >= 15 is 0 Å². The Morgan fingerprint density at radius 1 is 0.613 bits per heavy atom. The van der Waals surface area contributed by atoms with Crippen molar-refractivity contribution in [1.29, 1.82) is 5.41 Å². The van der Waals surface area contributed by atoms with Gasteiger partial charge in [-0.3, -0.25) is 0 Å². The second-order valence-corrected chi connectivity index (χ2v) is 9.11. The number of rotatable bonds is 3. The molecule has 0 unspecified atom stereocenters. The van der Waals surface area contributed by atoms with Gasteiger partial charge in [0.2, 0.25) is 0 Å². The van der Waals surface area contributed by atoms with E-state index in [-0.39, 0.29) is 5.92 Å². The lowest BCUT2D eigenvalue weighted by Gasteiger charge is -2.27. The first-order valence-corrected chi connectivity index (χ1v) is 11.6. The van der Waals surface area contributed by atoms with Crippen molar-refractivity contribution in [3.05, 3.63) is 107 Å². The Morgan fingerprint density at radius 2 is 1.23 bits per heavy atom. The molecule has 4 aromatic carbocycles. The summed E-state index contributed by atoms with van der Waals surface area (Å²) in [5.74, 6) is 0.571. The average molecular weight is 402 g/mol. The van der Waals surface area contributed by atoms with E-state index in [1.165, 1.54) is 63.4 Å². The molecule has 0 saturated heterocycles. The van der Waals surface area contributed by atoms with Gasteiger partial charge in [-0.1, -0.05) is 104 Å². The average Bonchev–Trinajstić information content (AvgIpc) is 3.18. The summed E-state index contributed by atoms with van der Waals surface area (Å²) in [5.41, 5.74) is 8.76. The summed E-state index contributed by atoms with van der Waals surface area (Å²) in [6.07, 6.45) is 6.12. The molecule has 0 bridgehead atoms.